The van der Waals surface area contributed by atoms with Crippen molar-refractivity contribution in [2.45, 2.75) is 44.7 Å². The zero-order valence-electron chi connectivity index (χ0n) is 10.3. The van der Waals surface area contributed by atoms with Crippen LogP contribution in [0.1, 0.15) is 58.9 Å². The van der Waals surface area contributed by atoms with E-state index in [0.29, 0.717) is 22.3 Å². The zero-order valence-corrected chi connectivity index (χ0v) is 11.1. The lowest BCUT2D eigenvalue weighted by molar-refractivity contribution is -0.141. The van der Waals surface area contributed by atoms with E-state index in [4.69, 9.17) is 5.11 Å². The molecule has 19 heavy (non-hydrogen) atoms. The third-order valence-electron chi connectivity index (χ3n) is 3.39. The van der Waals surface area contributed by atoms with Crippen LogP contribution in [0, 0.1) is 5.92 Å². The van der Waals surface area contributed by atoms with E-state index in [2.05, 4.69) is 11.9 Å². The van der Waals surface area contributed by atoms with Gasteiger partial charge in [-0.3, -0.25) is 0 Å². The van der Waals surface area contributed by atoms with E-state index in [1.165, 1.54) is 0 Å². The fraction of sp³-hybridized carbons (Fsp3) is 0.667. The van der Waals surface area contributed by atoms with Gasteiger partial charge in [0, 0.05) is 5.92 Å². The van der Waals surface area contributed by atoms with Gasteiger partial charge < -0.3 is 5.11 Å². The zero-order chi connectivity index (χ0) is 14.2. The average Bonchev–Trinajstić information content (AvgIpc) is 2.73. The molecule has 1 aliphatic rings. The van der Waals surface area contributed by atoms with Crippen LogP contribution in [-0.2, 0) is 6.18 Å². The van der Waals surface area contributed by atoms with Crippen LogP contribution < -0.4 is 0 Å². The molecule has 0 bridgehead atoms. The maximum Gasteiger partial charge on any atom is 0.435 e. The summed E-state index contributed by atoms with van der Waals surface area (Å²) in [5, 5.41) is 9.18. The van der Waals surface area contributed by atoms with Crippen molar-refractivity contribution >= 4 is 17.3 Å². The summed E-state index contributed by atoms with van der Waals surface area (Å²) < 4.78 is 38.2. The van der Waals surface area contributed by atoms with Crippen molar-refractivity contribution in [3.05, 3.63) is 15.6 Å². The predicted octanol–water partition coefficient (Wildman–Crippen LogP) is 4.15. The first-order valence-electron chi connectivity index (χ1n) is 6.10. The minimum Gasteiger partial charge on any atom is -0.477 e. The summed E-state index contributed by atoms with van der Waals surface area (Å²) in [6, 6.07) is 0. The second kappa shape index (κ2) is 5.11. The Balaban J connectivity index is 2.35. The molecule has 1 aromatic heterocycles. The Kier molecular flexibility index (Phi) is 3.85. The van der Waals surface area contributed by atoms with E-state index in [1.54, 1.807) is 0 Å². The fourth-order valence-corrected chi connectivity index (χ4v) is 3.58. The van der Waals surface area contributed by atoms with Gasteiger partial charge in [-0.25, -0.2) is 9.78 Å². The molecule has 1 saturated carbocycles. The van der Waals surface area contributed by atoms with E-state index in [9.17, 15) is 18.0 Å². The Hall–Kier alpha value is -1.11. The molecule has 7 heteroatoms. The summed E-state index contributed by atoms with van der Waals surface area (Å²) >= 11 is 0.672. The number of carboxylic acids is 1. The maximum atomic E-state index is 12.7. The molecule has 0 aliphatic heterocycles. The van der Waals surface area contributed by atoms with Crippen LogP contribution in [-0.4, -0.2) is 16.1 Å². The number of nitrogens with zero attached hydrogens (tertiary/aromatic N) is 1. The lowest BCUT2D eigenvalue weighted by Crippen LogP contribution is -2.13. The van der Waals surface area contributed by atoms with Crippen molar-refractivity contribution < 1.29 is 23.1 Å². The van der Waals surface area contributed by atoms with Crippen molar-refractivity contribution in [3.8, 4) is 0 Å². The largest absolute Gasteiger partial charge is 0.477 e. The van der Waals surface area contributed by atoms with E-state index in [0.717, 1.165) is 25.7 Å². The standard InChI is InChI=1S/C12H14F3NO2S/c1-6-3-2-4-7(5-6)10-16-9(12(13,14)15)8(19-10)11(17)18/h6-7H,2-5H2,1H3,(H,17,18). The van der Waals surface area contributed by atoms with E-state index >= 15 is 0 Å². The molecular weight excluding hydrogens is 279 g/mol. The Bertz CT molecular complexity index is 484. The SMILES string of the molecule is CC1CCCC(c2nc(C(F)(F)F)c(C(=O)O)s2)C1. The average molecular weight is 293 g/mol. The number of thiazole rings is 1. The highest BCUT2D eigenvalue weighted by atomic mass is 32.1. The van der Waals surface area contributed by atoms with Crippen molar-refractivity contribution in [3.63, 3.8) is 0 Å². The minimum atomic E-state index is -4.71. The quantitative estimate of drug-likeness (QED) is 0.891. The smallest absolute Gasteiger partial charge is 0.435 e. The lowest BCUT2D eigenvalue weighted by atomic mass is 9.83. The Labute approximate surface area is 112 Å². The molecule has 0 aromatic carbocycles. The Morgan fingerprint density at radius 3 is 2.58 bits per heavy atom. The van der Waals surface area contributed by atoms with E-state index < -0.39 is 22.7 Å². The molecule has 106 valence electrons. The molecule has 3 nitrogen and oxygen atoms in total. The molecule has 2 atom stereocenters. The third-order valence-corrected chi connectivity index (χ3v) is 4.60. The molecule has 0 saturated heterocycles. The number of aromatic nitrogens is 1. The molecule has 0 spiro atoms. The third kappa shape index (κ3) is 3.08. The second-order valence-corrected chi connectivity index (χ2v) is 6.03. The van der Waals surface area contributed by atoms with Crippen LogP contribution in [0.25, 0.3) is 0 Å². The molecule has 1 fully saturated rings. The number of rotatable bonds is 2. The number of aromatic carboxylic acids is 1. The van der Waals surface area contributed by atoms with Crippen LogP contribution in [0.2, 0.25) is 0 Å². The number of hydrogen-bond acceptors (Lipinski definition) is 3. The molecule has 1 aliphatic carbocycles. The minimum absolute atomic E-state index is 0.0389. The van der Waals surface area contributed by atoms with Crippen molar-refractivity contribution in [1.82, 2.24) is 4.98 Å². The van der Waals surface area contributed by atoms with Crippen molar-refractivity contribution in [2.24, 2.45) is 5.92 Å². The van der Waals surface area contributed by atoms with Gasteiger partial charge >= 0.3 is 12.1 Å². The number of alkyl halides is 3. The number of carbonyl (C=O) groups is 1. The molecule has 1 N–H and O–H groups in total. The number of hydrogen-bond donors (Lipinski definition) is 1. The van der Waals surface area contributed by atoms with Gasteiger partial charge in [0.25, 0.3) is 0 Å². The summed E-state index contributed by atoms with van der Waals surface area (Å²) in [5.41, 5.74) is -1.25. The van der Waals surface area contributed by atoms with Gasteiger partial charge in [0.05, 0.1) is 5.01 Å². The molecule has 0 amide bonds. The van der Waals surface area contributed by atoms with E-state index in [1.807, 2.05) is 0 Å². The summed E-state index contributed by atoms with van der Waals surface area (Å²) in [7, 11) is 0. The van der Waals surface area contributed by atoms with Crippen LogP contribution in [0.3, 0.4) is 0 Å². The molecule has 1 aromatic rings. The predicted molar refractivity (Wildman–Crippen MR) is 64.4 cm³/mol. The first-order valence-corrected chi connectivity index (χ1v) is 6.92. The van der Waals surface area contributed by atoms with Gasteiger partial charge in [0.1, 0.15) is 4.88 Å². The Morgan fingerprint density at radius 2 is 2.11 bits per heavy atom. The maximum absolute atomic E-state index is 12.7. The first-order chi connectivity index (χ1) is 8.79. The van der Waals surface area contributed by atoms with E-state index in [-0.39, 0.29) is 5.92 Å². The summed E-state index contributed by atoms with van der Waals surface area (Å²) in [5.74, 6) is -1.15. The van der Waals surface area contributed by atoms with Gasteiger partial charge in [-0.1, -0.05) is 19.8 Å². The highest BCUT2D eigenvalue weighted by Gasteiger charge is 2.40. The highest BCUT2D eigenvalue weighted by molar-refractivity contribution is 7.13. The molecule has 2 rings (SSSR count). The summed E-state index contributed by atoms with van der Waals surface area (Å²) in [6.45, 7) is 2.06. The van der Waals surface area contributed by atoms with Crippen LogP contribution >= 0.6 is 11.3 Å². The first kappa shape index (κ1) is 14.3. The summed E-state index contributed by atoms with van der Waals surface area (Å²) in [4.78, 5) is 13.8. The van der Waals surface area contributed by atoms with Gasteiger partial charge in [-0.15, -0.1) is 11.3 Å². The number of carboxylic acid groups (broad SMARTS) is 1. The molecule has 0 radical (unpaired) electrons. The topological polar surface area (TPSA) is 50.2 Å². The monoisotopic (exact) mass is 293 g/mol. The van der Waals surface area contributed by atoms with Crippen molar-refractivity contribution in [2.75, 3.05) is 0 Å². The normalized spacial score (nSPS) is 24.4. The summed E-state index contributed by atoms with van der Waals surface area (Å²) in [6.07, 6.45) is -1.12. The van der Waals surface area contributed by atoms with Gasteiger partial charge in [0.2, 0.25) is 0 Å². The number of halogens is 3. The molecular formula is C12H14F3NO2S. The van der Waals surface area contributed by atoms with Gasteiger partial charge in [-0.2, -0.15) is 13.2 Å². The second-order valence-electron chi connectivity index (χ2n) is 5.00. The van der Waals surface area contributed by atoms with Gasteiger partial charge in [-0.05, 0) is 18.8 Å². The van der Waals surface area contributed by atoms with Gasteiger partial charge in [0.15, 0.2) is 5.69 Å². The van der Waals surface area contributed by atoms with Crippen LogP contribution in [0.4, 0.5) is 13.2 Å². The van der Waals surface area contributed by atoms with Crippen molar-refractivity contribution in [1.29, 1.82) is 0 Å². The highest BCUT2D eigenvalue weighted by Crippen LogP contribution is 2.41. The van der Waals surface area contributed by atoms with Crippen LogP contribution in [0.15, 0.2) is 0 Å². The molecule has 1 heterocycles. The molecule has 2 unspecified atom stereocenters. The lowest BCUT2D eigenvalue weighted by Gasteiger charge is -2.24. The van der Waals surface area contributed by atoms with Crippen LogP contribution in [0.5, 0.6) is 0 Å². The fourth-order valence-electron chi connectivity index (χ4n) is 2.51. The Morgan fingerprint density at radius 1 is 1.42 bits per heavy atom.